The number of carbonyl (C=O) groups excluding carboxylic acids is 1. The first-order valence-electron chi connectivity index (χ1n) is 6.80. The highest BCUT2D eigenvalue weighted by molar-refractivity contribution is 7.21. The first-order valence-corrected chi connectivity index (χ1v) is 8.00. The molecule has 3 N–H and O–H groups in total. The average Bonchev–Trinajstić information content (AvgIpc) is 2.95. The summed E-state index contributed by atoms with van der Waals surface area (Å²) in [6.07, 6.45) is 2.87. The Kier molecular flexibility index (Phi) is 4.27. The van der Waals surface area contributed by atoms with Crippen molar-refractivity contribution in [3.8, 4) is 0 Å². The van der Waals surface area contributed by atoms with E-state index in [4.69, 9.17) is 17.0 Å². The Balaban J connectivity index is 2.03. The van der Waals surface area contributed by atoms with Crippen molar-refractivity contribution in [1.29, 1.82) is 5.41 Å². The molecule has 0 bridgehead atoms. The molecule has 2 heterocycles. The van der Waals surface area contributed by atoms with Gasteiger partial charge in [0.15, 0.2) is 0 Å². The molecule has 0 atom stereocenters. The van der Waals surface area contributed by atoms with E-state index < -0.39 is 0 Å². The van der Waals surface area contributed by atoms with E-state index in [-0.39, 0.29) is 5.91 Å². The third kappa shape index (κ3) is 2.91. The van der Waals surface area contributed by atoms with E-state index >= 15 is 0 Å². The van der Waals surface area contributed by atoms with Crippen LogP contribution in [0, 0.1) is 5.41 Å². The number of pyridine rings is 1. The van der Waals surface area contributed by atoms with Crippen LogP contribution < -0.4 is 10.6 Å². The van der Waals surface area contributed by atoms with Crippen LogP contribution in [0.3, 0.4) is 0 Å². The van der Waals surface area contributed by atoms with Crippen molar-refractivity contribution in [2.75, 3.05) is 17.7 Å². The number of hydrogen-bond acceptors (Lipinski definition) is 5. The fourth-order valence-electron chi connectivity index (χ4n) is 2.28. The SMILES string of the molecule is CNc1ccnc2sc(C(=O)Nc3ccc(Cl)cc3)c(C=N)c12. The smallest absolute Gasteiger partial charge is 0.266 e. The summed E-state index contributed by atoms with van der Waals surface area (Å²) in [5.74, 6) is -0.268. The van der Waals surface area contributed by atoms with Crippen LogP contribution in [-0.2, 0) is 0 Å². The molecule has 3 aromatic rings. The van der Waals surface area contributed by atoms with Crippen LogP contribution in [0.25, 0.3) is 10.2 Å². The van der Waals surface area contributed by atoms with Crippen molar-refractivity contribution in [2.45, 2.75) is 0 Å². The van der Waals surface area contributed by atoms with Gasteiger partial charge in [0.25, 0.3) is 5.91 Å². The lowest BCUT2D eigenvalue weighted by Crippen LogP contribution is -2.12. The van der Waals surface area contributed by atoms with E-state index in [1.165, 1.54) is 17.6 Å². The Morgan fingerprint density at radius 2 is 2.04 bits per heavy atom. The number of hydrogen-bond donors (Lipinski definition) is 3. The highest BCUT2D eigenvalue weighted by atomic mass is 35.5. The molecule has 0 aliphatic rings. The number of carbonyl (C=O) groups is 1. The summed E-state index contributed by atoms with van der Waals surface area (Å²) in [7, 11) is 1.80. The number of anilines is 2. The zero-order valence-corrected chi connectivity index (χ0v) is 13.8. The van der Waals surface area contributed by atoms with Crippen LogP contribution in [0.1, 0.15) is 15.2 Å². The van der Waals surface area contributed by atoms with E-state index in [0.717, 1.165) is 15.9 Å². The number of nitrogens with one attached hydrogen (secondary N) is 3. The predicted molar refractivity (Wildman–Crippen MR) is 96.5 cm³/mol. The van der Waals surface area contributed by atoms with Crippen LogP contribution in [0.15, 0.2) is 36.5 Å². The van der Waals surface area contributed by atoms with Gasteiger partial charge in [-0.3, -0.25) is 4.79 Å². The number of benzene rings is 1. The number of thiophene rings is 1. The monoisotopic (exact) mass is 344 g/mol. The maximum Gasteiger partial charge on any atom is 0.266 e. The van der Waals surface area contributed by atoms with E-state index in [9.17, 15) is 4.79 Å². The second-order valence-corrected chi connectivity index (χ2v) is 6.17. The average molecular weight is 345 g/mol. The standard InChI is InChI=1S/C16H13ClN4OS/c1-19-12-6-7-20-16-13(12)11(8-18)14(23-16)15(22)21-10-4-2-9(17)3-5-10/h2-8,18H,1H3,(H,19,20)(H,21,22). The van der Waals surface area contributed by atoms with Gasteiger partial charge >= 0.3 is 0 Å². The third-order valence-electron chi connectivity index (χ3n) is 3.35. The topological polar surface area (TPSA) is 77.9 Å². The van der Waals surface area contributed by atoms with Crippen molar-refractivity contribution in [2.24, 2.45) is 0 Å². The van der Waals surface area contributed by atoms with Gasteiger partial charge in [-0.15, -0.1) is 11.3 Å². The predicted octanol–water partition coefficient (Wildman–Crippen LogP) is 4.24. The lowest BCUT2D eigenvalue weighted by atomic mass is 10.1. The molecule has 116 valence electrons. The van der Waals surface area contributed by atoms with E-state index in [0.29, 0.717) is 21.2 Å². The molecular weight excluding hydrogens is 332 g/mol. The second kappa shape index (κ2) is 6.36. The first kappa shape index (κ1) is 15.5. The van der Waals surface area contributed by atoms with Gasteiger partial charge in [0.05, 0.1) is 0 Å². The lowest BCUT2D eigenvalue weighted by Gasteiger charge is -2.05. The number of nitrogens with zero attached hydrogens (tertiary/aromatic N) is 1. The lowest BCUT2D eigenvalue weighted by molar-refractivity contribution is 0.103. The number of rotatable bonds is 4. The largest absolute Gasteiger partial charge is 0.387 e. The van der Waals surface area contributed by atoms with E-state index in [1.807, 2.05) is 6.07 Å². The van der Waals surface area contributed by atoms with Gasteiger partial charge in [-0.2, -0.15) is 0 Å². The van der Waals surface area contributed by atoms with Gasteiger partial charge in [0, 0.05) is 46.8 Å². The van der Waals surface area contributed by atoms with Crippen molar-refractivity contribution in [3.05, 3.63) is 52.0 Å². The Hall–Kier alpha value is -2.44. The van der Waals surface area contributed by atoms with Crippen molar-refractivity contribution in [1.82, 2.24) is 4.98 Å². The van der Waals surface area contributed by atoms with E-state index in [2.05, 4.69) is 15.6 Å². The van der Waals surface area contributed by atoms with Crippen LogP contribution >= 0.6 is 22.9 Å². The summed E-state index contributed by atoms with van der Waals surface area (Å²) in [6, 6.07) is 8.70. The molecule has 1 amide bonds. The quantitative estimate of drug-likeness (QED) is 0.619. The summed E-state index contributed by atoms with van der Waals surface area (Å²) >= 11 is 7.11. The van der Waals surface area contributed by atoms with E-state index in [1.54, 1.807) is 37.5 Å². The molecule has 7 heteroatoms. The molecule has 0 aliphatic carbocycles. The van der Waals surface area contributed by atoms with Crippen LogP contribution in [0.2, 0.25) is 5.02 Å². The summed E-state index contributed by atoms with van der Waals surface area (Å²) in [6.45, 7) is 0. The maximum absolute atomic E-state index is 12.6. The molecule has 0 aliphatic heterocycles. The number of aromatic nitrogens is 1. The highest BCUT2D eigenvalue weighted by Crippen LogP contribution is 2.34. The fourth-order valence-corrected chi connectivity index (χ4v) is 3.45. The molecule has 23 heavy (non-hydrogen) atoms. The molecule has 3 rings (SSSR count). The number of fused-ring (bicyclic) bond motifs is 1. The summed E-state index contributed by atoms with van der Waals surface area (Å²) in [5.41, 5.74) is 2.05. The summed E-state index contributed by atoms with van der Waals surface area (Å²) < 4.78 is 0. The molecule has 0 saturated heterocycles. The normalized spacial score (nSPS) is 10.5. The molecule has 0 unspecified atom stereocenters. The minimum Gasteiger partial charge on any atom is -0.387 e. The minimum atomic E-state index is -0.268. The number of halogens is 1. The maximum atomic E-state index is 12.6. The van der Waals surface area contributed by atoms with Gasteiger partial charge < -0.3 is 16.0 Å². The zero-order valence-electron chi connectivity index (χ0n) is 12.2. The molecule has 2 aromatic heterocycles. The van der Waals surface area contributed by atoms with Crippen molar-refractivity contribution < 1.29 is 4.79 Å². The Morgan fingerprint density at radius 3 is 2.70 bits per heavy atom. The Morgan fingerprint density at radius 1 is 1.30 bits per heavy atom. The van der Waals surface area contributed by atoms with Gasteiger partial charge in [-0.05, 0) is 30.3 Å². The van der Waals surface area contributed by atoms with Crippen molar-refractivity contribution in [3.63, 3.8) is 0 Å². The Labute approximate surface area is 141 Å². The molecule has 1 aromatic carbocycles. The summed E-state index contributed by atoms with van der Waals surface area (Å²) in [4.78, 5) is 18.0. The number of amides is 1. The molecule has 0 saturated carbocycles. The van der Waals surface area contributed by atoms with Gasteiger partial charge in [-0.25, -0.2) is 4.98 Å². The first-order chi connectivity index (χ1) is 11.1. The minimum absolute atomic E-state index is 0.268. The molecule has 0 radical (unpaired) electrons. The fraction of sp³-hybridized carbons (Fsp3) is 0.0625. The Bertz CT molecular complexity index is 889. The van der Waals surface area contributed by atoms with Gasteiger partial charge in [0.2, 0.25) is 0 Å². The molecule has 5 nitrogen and oxygen atoms in total. The van der Waals surface area contributed by atoms with Crippen LogP contribution in [0.5, 0.6) is 0 Å². The second-order valence-electron chi connectivity index (χ2n) is 4.74. The highest BCUT2D eigenvalue weighted by Gasteiger charge is 2.20. The summed E-state index contributed by atoms with van der Waals surface area (Å²) in [5, 5.41) is 15.0. The molecule has 0 spiro atoms. The van der Waals surface area contributed by atoms with Gasteiger partial charge in [-0.1, -0.05) is 11.6 Å². The van der Waals surface area contributed by atoms with Gasteiger partial charge in [0.1, 0.15) is 9.71 Å². The molecule has 0 fully saturated rings. The van der Waals surface area contributed by atoms with Crippen LogP contribution in [-0.4, -0.2) is 24.2 Å². The third-order valence-corrected chi connectivity index (χ3v) is 4.72. The molecular formula is C16H13ClN4OS. The van der Waals surface area contributed by atoms with Crippen molar-refractivity contribution >= 4 is 56.7 Å². The van der Waals surface area contributed by atoms with Crippen LogP contribution in [0.4, 0.5) is 11.4 Å². The zero-order chi connectivity index (χ0) is 16.4.